The first-order valence-electron chi connectivity index (χ1n) is 5.65. The molecule has 1 N–H and O–H groups in total. The summed E-state index contributed by atoms with van der Waals surface area (Å²) in [6.45, 7) is 7.62. The third-order valence-electron chi connectivity index (χ3n) is 2.33. The van der Waals surface area contributed by atoms with Crippen LogP contribution in [0.15, 0.2) is 24.8 Å². The SMILES string of the molecule is C=Cc1cc(CC(=O)NC(C)C)ccc1OC. The molecule has 3 heteroatoms. The summed E-state index contributed by atoms with van der Waals surface area (Å²) in [6.07, 6.45) is 2.10. The summed E-state index contributed by atoms with van der Waals surface area (Å²) in [6, 6.07) is 5.84. The molecular formula is C14H19NO2. The Morgan fingerprint density at radius 1 is 1.53 bits per heavy atom. The molecule has 3 nitrogen and oxygen atoms in total. The molecule has 17 heavy (non-hydrogen) atoms. The van der Waals surface area contributed by atoms with E-state index >= 15 is 0 Å². The van der Waals surface area contributed by atoms with Crippen molar-refractivity contribution in [3.63, 3.8) is 0 Å². The van der Waals surface area contributed by atoms with Crippen LogP contribution in [-0.2, 0) is 11.2 Å². The van der Waals surface area contributed by atoms with Crippen molar-refractivity contribution in [1.82, 2.24) is 5.32 Å². The van der Waals surface area contributed by atoms with Crippen LogP contribution in [0.3, 0.4) is 0 Å². The van der Waals surface area contributed by atoms with Crippen molar-refractivity contribution in [2.45, 2.75) is 26.3 Å². The summed E-state index contributed by atoms with van der Waals surface area (Å²) in [4.78, 5) is 11.6. The molecule has 0 atom stereocenters. The maximum atomic E-state index is 11.6. The number of hydrogen-bond donors (Lipinski definition) is 1. The topological polar surface area (TPSA) is 38.3 Å². The van der Waals surface area contributed by atoms with Gasteiger partial charge in [-0.2, -0.15) is 0 Å². The Morgan fingerprint density at radius 2 is 2.24 bits per heavy atom. The van der Waals surface area contributed by atoms with E-state index in [-0.39, 0.29) is 11.9 Å². The predicted octanol–water partition coefficient (Wildman–Crippen LogP) is 2.41. The van der Waals surface area contributed by atoms with Gasteiger partial charge in [-0.15, -0.1) is 0 Å². The lowest BCUT2D eigenvalue weighted by atomic mass is 10.1. The van der Waals surface area contributed by atoms with Crippen molar-refractivity contribution in [2.24, 2.45) is 0 Å². The minimum atomic E-state index is 0.0279. The van der Waals surface area contributed by atoms with Crippen molar-refractivity contribution in [1.29, 1.82) is 0 Å². The first kappa shape index (κ1) is 13.3. The highest BCUT2D eigenvalue weighted by Gasteiger charge is 2.07. The first-order valence-corrected chi connectivity index (χ1v) is 5.65. The molecule has 0 saturated heterocycles. The van der Waals surface area contributed by atoms with Gasteiger partial charge in [-0.25, -0.2) is 0 Å². The number of ether oxygens (including phenoxy) is 1. The normalized spacial score (nSPS) is 10.1. The number of carbonyl (C=O) groups is 1. The van der Waals surface area contributed by atoms with Gasteiger partial charge in [0, 0.05) is 11.6 Å². The second kappa shape index (κ2) is 6.09. The predicted molar refractivity (Wildman–Crippen MR) is 70.1 cm³/mol. The van der Waals surface area contributed by atoms with Gasteiger partial charge in [0.15, 0.2) is 0 Å². The van der Waals surface area contributed by atoms with Gasteiger partial charge in [-0.05, 0) is 31.5 Å². The number of rotatable bonds is 5. The molecule has 0 aliphatic heterocycles. The highest BCUT2D eigenvalue weighted by molar-refractivity contribution is 5.79. The number of carbonyl (C=O) groups excluding carboxylic acids is 1. The number of nitrogens with one attached hydrogen (secondary N) is 1. The van der Waals surface area contributed by atoms with E-state index in [1.54, 1.807) is 13.2 Å². The van der Waals surface area contributed by atoms with E-state index in [4.69, 9.17) is 4.74 Å². The van der Waals surface area contributed by atoms with Crippen LogP contribution in [0.25, 0.3) is 6.08 Å². The standard InChI is InChI=1S/C14H19NO2/c1-5-12-8-11(6-7-13(12)17-4)9-14(16)15-10(2)3/h5-8,10H,1,9H2,2-4H3,(H,15,16). The van der Waals surface area contributed by atoms with Crippen LogP contribution in [0.5, 0.6) is 5.75 Å². The van der Waals surface area contributed by atoms with Crippen LogP contribution in [0.2, 0.25) is 0 Å². The fourth-order valence-corrected chi connectivity index (χ4v) is 1.61. The summed E-state index contributed by atoms with van der Waals surface area (Å²) in [7, 11) is 1.62. The highest BCUT2D eigenvalue weighted by Crippen LogP contribution is 2.21. The number of methoxy groups -OCH3 is 1. The van der Waals surface area contributed by atoms with Crippen LogP contribution in [-0.4, -0.2) is 19.1 Å². The molecule has 0 radical (unpaired) electrons. The van der Waals surface area contributed by atoms with Crippen molar-refractivity contribution >= 4 is 12.0 Å². The molecule has 0 unspecified atom stereocenters. The zero-order valence-corrected chi connectivity index (χ0v) is 10.6. The van der Waals surface area contributed by atoms with Gasteiger partial charge in [0.1, 0.15) is 5.75 Å². The molecule has 0 aromatic heterocycles. The second-order valence-corrected chi connectivity index (χ2v) is 4.18. The molecule has 1 rings (SSSR count). The van der Waals surface area contributed by atoms with Crippen LogP contribution < -0.4 is 10.1 Å². The summed E-state index contributed by atoms with van der Waals surface area (Å²) >= 11 is 0. The van der Waals surface area contributed by atoms with E-state index in [9.17, 15) is 4.79 Å². The highest BCUT2D eigenvalue weighted by atomic mass is 16.5. The Kier molecular flexibility index (Phi) is 4.76. The van der Waals surface area contributed by atoms with Crippen LogP contribution in [0, 0.1) is 0 Å². The number of amides is 1. The third kappa shape index (κ3) is 3.94. The van der Waals surface area contributed by atoms with Crippen LogP contribution in [0.1, 0.15) is 25.0 Å². The largest absolute Gasteiger partial charge is 0.496 e. The van der Waals surface area contributed by atoms with Crippen molar-refractivity contribution < 1.29 is 9.53 Å². The fourth-order valence-electron chi connectivity index (χ4n) is 1.61. The second-order valence-electron chi connectivity index (χ2n) is 4.18. The van der Waals surface area contributed by atoms with E-state index in [2.05, 4.69) is 11.9 Å². The first-order chi connectivity index (χ1) is 8.06. The lowest BCUT2D eigenvalue weighted by molar-refractivity contribution is -0.120. The molecule has 92 valence electrons. The molecule has 0 aliphatic rings. The molecule has 0 bridgehead atoms. The van der Waals surface area contributed by atoms with Gasteiger partial charge in [0.25, 0.3) is 0 Å². The van der Waals surface area contributed by atoms with E-state index in [1.807, 2.05) is 32.0 Å². The smallest absolute Gasteiger partial charge is 0.224 e. The summed E-state index contributed by atoms with van der Waals surface area (Å²) in [5.74, 6) is 0.799. The van der Waals surface area contributed by atoms with Gasteiger partial charge >= 0.3 is 0 Å². The zero-order chi connectivity index (χ0) is 12.8. The molecule has 0 fully saturated rings. The molecule has 0 saturated carbocycles. The third-order valence-corrected chi connectivity index (χ3v) is 2.33. The van der Waals surface area contributed by atoms with E-state index < -0.39 is 0 Å². The Hall–Kier alpha value is -1.77. The molecular weight excluding hydrogens is 214 g/mol. The summed E-state index contributed by atoms with van der Waals surface area (Å²) in [5.41, 5.74) is 1.86. The number of benzene rings is 1. The molecule has 1 aromatic carbocycles. The van der Waals surface area contributed by atoms with E-state index in [0.717, 1.165) is 16.9 Å². The molecule has 1 amide bonds. The average Bonchev–Trinajstić information content (AvgIpc) is 2.27. The Bertz CT molecular complexity index is 411. The minimum Gasteiger partial charge on any atom is -0.496 e. The minimum absolute atomic E-state index is 0.0279. The maximum Gasteiger partial charge on any atom is 0.224 e. The van der Waals surface area contributed by atoms with Gasteiger partial charge in [-0.1, -0.05) is 18.7 Å². The molecule has 1 aromatic rings. The summed E-state index contributed by atoms with van der Waals surface area (Å²) < 4.78 is 5.19. The number of hydrogen-bond acceptors (Lipinski definition) is 2. The quantitative estimate of drug-likeness (QED) is 0.848. The molecule has 0 aliphatic carbocycles. The van der Waals surface area contributed by atoms with Gasteiger partial charge in [-0.3, -0.25) is 4.79 Å². The van der Waals surface area contributed by atoms with Crippen LogP contribution in [0.4, 0.5) is 0 Å². The van der Waals surface area contributed by atoms with Crippen LogP contribution >= 0.6 is 0 Å². The summed E-state index contributed by atoms with van der Waals surface area (Å²) in [5, 5.41) is 2.86. The van der Waals surface area contributed by atoms with Gasteiger partial charge in [0.2, 0.25) is 5.91 Å². The lowest BCUT2D eigenvalue weighted by Crippen LogP contribution is -2.31. The van der Waals surface area contributed by atoms with E-state index in [0.29, 0.717) is 6.42 Å². The maximum absolute atomic E-state index is 11.6. The van der Waals surface area contributed by atoms with Gasteiger partial charge < -0.3 is 10.1 Å². The Balaban J connectivity index is 2.79. The van der Waals surface area contributed by atoms with E-state index in [1.165, 1.54) is 0 Å². The van der Waals surface area contributed by atoms with Crippen molar-refractivity contribution in [2.75, 3.05) is 7.11 Å². The zero-order valence-electron chi connectivity index (χ0n) is 10.6. The average molecular weight is 233 g/mol. The monoisotopic (exact) mass is 233 g/mol. The van der Waals surface area contributed by atoms with Crippen molar-refractivity contribution in [3.8, 4) is 5.75 Å². The fraction of sp³-hybridized carbons (Fsp3) is 0.357. The van der Waals surface area contributed by atoms with Crippen molar-refractivity contribution in [3.05, 3.63) is 35.9 Å². The Labute approximate surface area is 102 Å². The molecule has 0 spiro atoms. The van der Waals surface area contributed by atoms with Gasteiger partial charge in [0.05, 0.1) is 13.5 Å². The molecule has 0 heterocycles. The lowest BCUT2D eigenvalue weighted by Gasteiger charge is -2.10. The Morgan fingerprint density at radius 3 is 2.76 bits per heavy atom.